The van der Waals surface area contributed by atoms with E-state index in [0.717, 1.165) is 31.0 Å². The summed E-state index contributed by atoms with van der Waals surface area (Å²) in [5, 5.41) is 9.90. The van der Waals surface area contributed by atoms with Crippen LogP contribution < -0.4 is 5.32 Å². The van der Waals surface area contributed by atoms with E-state index in [4.69, 9.17) is 4.74 Å². The highest BCUT2D eigenvalue weighted by molar-refractivity contribution is 5.96. The van der Waals surface area contributed by atoms with E-state index in [9.17, 15) is 4.79 Å². The molecule has 1 aliphatic carbocycles. The summed E-state index contributed by atoms with van der Waals surface area (Å²) in [5.41, 5.74) is 2.54. The predicted molar refractivity (Wildman–Crippen MR) is 68.6 cm³/mol. The summed E-state index contributed by atoms with van der Waals surface area (Å²) < 4.78 is 5.11. The van der Waals surface area contributed by atoms with Crippen molar-refractivity contribution in [3.05, 3.63) is 17.0 Å². The van der Waals surface area contributed by atoms with E-state index >= 15 is 0 Å². The molecule has 1 aliphatic rings. The largest absolute Gasteiger partial charge is 0.385 e. The number of H-pyrrole nitrogens is 1. The van der Waals surface area contributed by atoms with E-state index in [0.29, 0.717) is 5.56 Å². The monoisotopic (exact) mass is 251 g/mol. The Bertz CT molecular complexity index is 416. The van der Waals surface area contributed by atoms with Gasteiger partial charge in [-0.25, -0.2) is 0 Å². The van der Waals surface area contributed by atoms with Crippen molar-refractivity contribution >= 4 is 5.91 Å². The third-order valence-corrected chi connectivity index (χ3v) is 3.77. The number of aromatic nitrogens is 2. The highest BCUT2D eigenvalue weighted by Gasteiger charge is 2.42. The van der Waals surface area contributed by atoms with Crippen molar-refractivity contribution in [1.82, 2.24) is 15.5 Å². The molecule has 1 aromatic heterocycles. The van der Waals surface area contributed by atoms with Crippen molar-refractivity contribution in [2.45, 2.75) is 33.1 Å². The summed E-state index contributed by atoms with van der Waals surface area (Å²) in [6.07, 6.45) is 3.38. The van der Waals surface area contributed by atoms with Gasteiger partial charge < -0.3 is 10.1 Å². The lowest BCUT2D eigenvalue weighted by Gasteiger charge is -2.15. The van der Waals surface area contributed by atoms with Gasteiger partial charge >= 0.3 is 0 Å². The number of amides is 1. The number of nitrogens with zero attached hydrogens (tertiary/aromatic N) is 1. The first-order valence-electron chi connectivity index (χ1n) is 6.37. The number of carbonyl (C=O) groups is 1. The van der Waals surface area contributed by atoms with Gasteiger partial charge in [-0.05, 0) is 38.5 Å². The third-order valence-electron chi connectivity index (χ3n) is 3.77. The van der Waals surface area contributed by atoms with Gasteiger partial charge in [0.2, 0.25) is 0 Å². The maximum atomic E-state index is 12.1. The minimum absolute atomic E-state index is 0.0255. The van der Waals surface area contributed by atoms with Crippen LogP contribution >= 0.6 is 0 Å². The van der Waals surface area contributed by atoms with E-state index in [1.165, 1.54) is 12.8 Å². The fraction of sp³-hybridized carbons (Fsp3) is 0.692. The molecule has 2 N–H and O–H groups in total. The number of aromatic amines is 1. The summed E-state index contributed by atoms with van der Waals surface area (Å²) in [6.45, 7) is 5.21. The quantitative estimate of drug-likeness (QED) is 0.806. The van der Waals surface area contributed by atoms with Gasteiger partial charge in [0.1, 0.15) is 0 Å². The fourth-order valence-corrected chi connectivity index (χ4v) is 2.25. The van der Waals surface area contributed by atoms with Crippen molar-refractivity contribution in [2.75, 3.05) is 20.3 Å². The first kappa shape index (κ1) is 13.1. The molecule has 0 bridgehead atoms. The number of nitrogens with one attached hydrogen (secondary N) is 2. The molecule has 1 saturated carbocycles. The molecule has 1 amide bonds. The van der Waals surface area contributed by atoms with Crippen LogP contribution in [0.15, 0.2) is 0 Å². The van der Waals surface area contributed by atoms with Gasteiger partial charge in [-0.1, -0.05) is 0 Å². The molecule has 2 rings (SSSR count). The molecule has 1 aromatic rings. The number of aryl methyl sites for hydroxylation is 2. The van der Waals surface area contributed by atoms with E-state index in [2.05, 4.69) is 15.5 Å². The smallest absolute Gasteiger partial charge is 0.255 e. The standard InChI is InChI=1S/C13H21N3O2/c1-9-11(10(2)16-15-9)12(17)14-8-13(4-5-13)6-7-18-3/h4-8H2,1-3H3,(H,14,17)(H,15,16). The maximum absolute atomic E-state index is 12.1. The van der Waals surface area contributed by atoms with Crippen molar-refractivity contribution in [1.29, 1.82) is 0 Å². The second-order valence-electron chi connectivity index (χ2n) is 5.23. The second kappa shape index (κ2) is 5.10. The first-order valence-corrected chi connectivity index (χ1v) is 6.37. The van der Waals surface area contributed by atoms with E-state index in [-0.39, 0.29) is 11.3 Å². The molecule has 0 atom stereocenters. The Morgan fingerprint density at radius 2 is 2.22 bits per heavy atom. The zero-order valence-corrected chi connectivity index (χ0v) is 11.3. The van der Waals surface area contributed by atoms with Gasteiger partial charge in [0.15, 0.2) is 0 Å². The molecule has 0 spiro atoms. The average Bonchev–Trinajstić information content (AvgIpc) is 3.05. The minimum Gasteiger partial charge on any atom is -0.385 e. The van der Waals surface area contributed by atoms with Gasteiger partial charge in [0, 0.05) is 26.0 Å². The molecule has 0 aliphatic heterocycles. The van der Waals surface area contributed by atoms with E-state index in [1.54, 1.807) is 7.11 Å². The van der Waals surface area contributed by atoms with Gasteiger partial charge in [-0.15, -0.1) is 0 Å². The Labute approximate surface area is 107 Å². The lowest BCUT2D eigenvalue weighted by Crippen LogP contribution is -2.31. The van der Waals surface area contributed by atoms with Crippen molar-refractivity contribution in [3.63, 3.8) is 0 Å². The maximum Gasteiger partial charge on any atom is 0.255 e. The molecule has 1 fully saturated rings. The summed E-state index contributed by atoms with van der Waals surface area (Å²) in [5.74, 6) is -0.0255. The minimum atomic E-state index is -0.0255. The Kier molecular flexibility index (Phi) is 3.71. The van der Waals surface area contributed by atoms with E-state index in [1.807, 2.05) is 13.8 Å². The van der Waals surface area contributed by atoms with Gasteiger partial charge in [-0.3, -0.25) is 9.89 Å². The molecule has 100 valence electrons. The Balaban J connectivity index is 1.89. The highest BCUT2D eigenvalue weighted by atomic mass is 16.5. The molecule has 5 heteroatoms. The van der Waals surface area contributed by atoms with Crippen LogP contribution in [-0.4, -0.2) is 36.4 Å². The molecule has 1 heterocycles. The Morgan fingerprint density at radius 1 is 1.50 bits per heavy atom. The highest BCUT2D eigenvalue weighted by Crippen LogP contribution is 2.48. The topological polar surface area (TPSA) is 67.0 Å². The van der Waals surface area contributed by atoms with Crippen molar-refractivity contribution < 1.29 is 9.53 Å². The Hall–Kier alpha value is -1.36. The van der Waals surface area contributed by atoms with Gasteiger partial charge in [0.05, 0.1) is 11.3 Å². The summed E-state index contributed by atoms with van der Waals surface area (Å²) in [7, 11) is 1.72. The van der Waals surface area contributed by atoms with Gasteiger partial charge in [-0.2, -0.15) is 5.10 Å². The summed E-state index contributed by atoms with van der Waals surface area (Å²) in [6, 6.07) is 0. The van der Waals surface area contributed by atoms with Crippen LogP contribution in [0.3, 0.4) is 0 Å². The van der Waals surface area contributed by atoms with Crippen LogP contribution in [-0.2, 0) is 4.74 Å². The van der Waals surface area contributed by atoms with Gasteiger partial charge in [0.25, 0.3) is 5.91 Å². The normalized spacial score (nSPS) is 16.6. The van der Waals surface area contributed by atoms with Crippen LogP contribution in [0.2, 0.25) is 0 Å². The number of ether oxygens (including phenoxy) is 1. The molecule has 0 saturated heterocycles. The second-order valence-corrected chi connectivity index (χ2v) is 5.23. The number of carbonyl (C=O) groups excluding carboxylic acids is 1. The first-order chi connectivity index (χ1) is 8.58. The average molecular weight is 251 g/mol. The lowest BCUT2D eigenvalue weighted by molar-refractivity contribution is 0.0937. The number of hydrogen-bond donors (Lipinski definition) is 2. The number of methoxy groups -OCH3 is 1. The third kappa shape index (κ3) is 2.72. The molecule has 0 radical (unpaired) electrons. The lowest BCUT2D eigenvalue weighted by atomic mass is 10.0. The number of hydrogen-bond acceptors (Lipinski definition) is 3. The molecular formula is C13H21N3O2. The number of rotatable bonds is 6. The molecule has 0 aromatic carbocycles. The van der Waals surface area contributed by atoms with Crippen LogP contribution in [0, 0.1) is 19.3 Å². The molecule has 18 heavy (non-hydrogen) atoms. The molecule has 0 unspecified atom stereocenters. The predicted octanol–water partition coefficient (Wildman–Crippen LogP) is 1.57. The van der Waals surface area contributed by atoms with Crippen LogP contribution in [0.5, 0.6) is 0 Å². The Morgan fingerprint density at radius 3 is 2.72 bits per heavy atom. The summed E-state index contributed by atoms with van der Waals surface area (Å²) in [4.78, 5) is 12.1. The fourth-order valence-electron chi connectivity index (χ4n) is 2.25. The van der Waals surface area contributed by atoms with E-state index < -0.39 is 0 Å². The zero-order valence-electron chi connectivity index (χ0n) is 11.3. The summed E-state index contributed by atoms with van der Waals surface area (Å²) >= 11 is 0. The van der Waals surface area contributed by atoms with Crippen LogP contribution in [0.25, 0.3) is 0 Å². The zero-order chi connectivity index (χ0) is 13.2. The SMILES string of the molecule is COCCC1(CNC(=O)c2c(C)n[nH]c2C)CC1. The van der Waals surface area contributed by atoms with Crippen LogP contribution in [0.1, 0.15) is 41.0 Å². The van der Waals surface area contributed by atoms with Crippen molar-refractivity contribution in [3.8, 4) is 0 Å². The molecule has 5 nitrogen and oxygen atoms in total. The van der Waals surface area contributed by atoms with Crippen molar-refractivity contribution in [2.24, 2.45) is 5.41 Å². The van der Waals surface area contributed by atoms with Crippen LogP contribution in [0.4, 0.5) is 0 Å². The molecular weight excluding hydrogens is 230 g/mol.